The lowest BCUT2D eigenvalue weighted by Crippen LogP contribution is -2.40. The standard InChI is InChI=1S/C13H15N3O3/c17-9-3-6-15(7-4-9)13(19)10-8-16-5-1-2-11(18)12(16)14-10/h1-2,5,8-9,17-18H,3-4,6-7H2. The molecule has 3 heterocycles. The molecular formula is C13H15N3O3. The molecule has 0 bridgehead atoms. The summed E-state index contributed by atoms with van der Waals surface area (Å²) in [7, 11) is 0. The van der Waals surface area contributed by atoms with Crippen LogP contribution in [0.15, 0.2) is 24.5 Å². The van der Waals surface area contributed by atoms with Gasteiger partial charge in [0.1, 0.15) is 5.69 Å². The number of nitrogens with zero attached hydrogens (tertiary/aromatic N) is 3. The molecule has 19 heavy (non-hydrogen) atoms. The molecule has 0 unspecified atom stereocenters. The molecule has 1 saturated heterocycles. The second kappa shape index (κ2) is 4.55. The first-order chi connectivity index (χ1) is 9.15. The number of piperidine rings is 1. The van der Waals surface area contributed by atoms with Gasteiger partial charge in [0.05, 0.1) is 6.10 Å². The van der Waals surface area contributed by atoms with Crippen LogP contribution in [-0.2, 0) is 0 Å². The number of pyridine rings is 1. The number of imidazole rings is 1. The van der Waals surface area contributed by atoms with Crippen molar-refractivity contribution in [3.8, 4) is 5.75 Å². The second-order valence-electron chi connectivity index (χ2n) is 4.77. The average Bonchev–Trinajstić information content (AvgIpc) is 2.84. The van der Waals surface area contributed by atoms with E-state index >= 15 is 0 Å². The van der Waals surface area contributed by atoms with Crippen LogP contribution in [0, 0.1) is 0 Å². The number of carbonyl (C=O) groups excluding carboxylic acids is 1. The summed E-state index contributed by atoms with van der Waals surface area (Å²) >= 11 is 0. The molecule has 1 aliphatic heterocycles. The minimum Gasteiger partial charge on any atom is -0.504 e. The molecule has 0 aliphatic carbocycles. The minimum atomic E-state index is -0.311. The Morgan fingerprint density at radius 3 is 2.79 bits per heavy atom. The van der Waals surface area contributed by atoms with Gasteiger partial charge < -0.3 is 19.5 Å². The average molecular weight is 261 g/mol. The zero-order valence-electron chi connectivity index (χ0n) is 10.4. The largest absolute Gasteiger partial charge is 0.504 e. The molecule has 100 valence electrons. The predicted octanol–water partition coefficient (Wildman–Crippen LogP) is 0.637. The molecule has 0 saturated carbocycles. The van der Waals surface area contributed by atoms with Crippen molar-refractivity contribution >= 4 is 11.6 Å². The number of fused-ring (bicyclic) bond motifs is 1. The van der Waals surface area contributed by atoms with E-state index in [2.05, 4.69) is 4.98 Å². The summed E-state index contributed by atoms with van der Waals surface area (Å²) < 4.78 is 1.63. The molecule has 0 spiro atoms. The summed E-state index contributed by atoms with van der Waals surface area (Å²) in [4.78, 5) is 18.1. The molecule has 2 aromatic rings. The quantitative estimate of drug-likeness (QED) is 0.789. The van der Waals surface area contributed by atoms with Crippen LogP contribution in [0.25, 0.3) is 5.65 Å². The van der Waals surface area contributed by atoms with Gasteiger partial charge >= 0.3 is 0 Å². The van der Waals surface area contributed by atoms with Gasteiger partial charge in [-0.2, -0.15) is 0 Å². The first-order valence-electron chi connectivity index (χ1n) is 6.29. The van der Waals surface area contributed by atoms with Gasteiger partial charge in [0.25, 0.3) is 5.91 Å². The Hall–Kier alpha value is -2.08. The van der Waals surface area contributed by atoms with E-state index in [9.17, 15) is 15.0 Å². The monoisotopic (exact) mass is 261 g/mol. The molecule has 1 amide bonds. The molecule has 0 aromatic carbocycles. The van der Waals surface area contributed by atoms with Crippen LogP contribution in [0.2, 0.25) is 0 Å². The third-order valence-corrected chi connectivity index (χ3v) is 3.43. The van der Waals surface area contributed by atoms with Crippen LogP contribution < -0.4 is 0 Å². The van der Waals surface area contributed by atoms with Crippen LogP contribution in [0.3, 0.4) is 0 Å². The van der Waals surface area contributed by atoms with E-state index in [0.29, 0.717) is 37.3 Å². The highest BCUT2D eigenvalue weighted by molar-refractivity contribution is 5.93. The van der Waals surface area contributed by atoms with Gasteiger partial charge in [-0.05, 0) is 25.0 Å². The van der Waals surface area contributed by atoms with Crippen LogP contribution in [0.5, 0.6) is 5.75 Å². The van der Waals surface area contributed by atoms with Gasteiger partial charge in [-0.3, -0.25) is 4.79 Å². The molecule has 1 fully saturated rings. The number of aliphatic hydroxyl groups excluding tert-OH is 1. The van der Waals surface area contributed by atoms with Crippen molar-refractivity contribution in [2.45, 2.75) is 18.9 Å². The molecule has 2 aromatic heterocycles. The molecule has 6 nitrogen and oxygen atoms in total. The Bertz CT molecular complexity index is 615. The summed E-state index contributed by atoms with van der Waals surface area (Å²) in [6.45, 7) is 1.08. The number of rotatable bonds is 1. The highest BCUT2D eigenvalue weighted by Crippen LogP contribution is 2.19. The van der Waals surface area contributed by atoms with Gasteiger partial charge in [-0.25, -0.2) is 4.98 Å². The summed E-state index contributed by atoms with van der Waals surface area (Å²) in [6.07, 6.45) is 4.24. The second-order valence-corrected chi connectivity index (χ2v) is 4.77. The highest BCUT2D eigenvalue weighted by atomic mass is 16.3. The van der Waals surface area contributed by atoms with Crippen LogP contribution >= 0.6 is 0 Å². The van der Waals surface area contributed by atoms with E-state index in [1.807, 2.05) is 0 Å². The molecule has 1 aliphatic rings. The fraction of sp³-hybridized carbons (Fsp3) is 0.385. The SMILES string of the molecule is O=C(c1cn2cccc(O)c2n1)N1CCC(O)CC1. The topological polar surface area (TPSA) is 78.1 Å². The highest BCUT2D eigenvalue weighted by Gasteiger charge is 2.24. The Kier molecular flexibility index (Phi) is 2.87. The van der Waals surface area contributed by atoms with Gasteiger partial charge in [-0.15, -0.1) is 0 Å². The number of aromatic nitrogens is 2. The third-order valence-electron chi connectivity index (χ3n) is 3.43. The van der Waals surface area contributed by atoms with Crippen molar-refractivity contribution in [2.24, 2.45) is 0 Å². The van der Waals surface area contributed by atoms with Crippen LogP contribution in [0.4, 0.5) is 0 Å². The first kappa shape index (κ1) is 12.0. The lowest BCUT2D eigenvalue weighted by atomic mass is 10.1. The molecule has 0 radical (unpaired) electrons. The smallest absolute Gasteiger partial charge is 0.274 e. The van der Waals surface area contributed by atoms with Crippen LogP contribution in [0.1, 0.15) is 23.3 Å². The number of carbonyl (C=O) groups is 1. The van der Waals surface area contributed by atoms with E-state index in [-0.39, 0.29) is 17.8 Å². The number of amides is 1. The predicted molar refractivity (Wildman–Crippen MR) is 68.0 cm³/mol. The molecule has 6 heteroatoms. The normalized spacial score (nSPS) is 17.0. The van der Waals surface area contributed by atoms with Crippen molar-refractivity contribution < 1.29 is 15.0 Å². The Morgan fingerprint density at radius 1 is 1.37 bits per heavy atom. The maximum atomic E-state index is 12.3. The summed E-state index contributed by atoms with van der Waals surface area (Å²) in [5, 5.41) is 19.1. The van der Waals surface area contributed by atoms with Gasteiger partial charge in [0.2, 0.25) is 0 Å². The van der Waals surface area contributed by atoms with E-state index in [1.54, 1.807) is 27.8 Å². The van der Waals surface area contributed by atoms with Crippen molar-refractivity contribution in [1.29, 1.82) is 0 Å². The van der Waals surface area contributed by atoms with E-state index < -0.39 is 0 Å². The maximum Gasteiger partial charge on any atom is 0.274 e. The van der Waals surface area contributed by atoms with Crippen LogP contribution in [-0.4, -0.2) is 49.6 Å². The number of hydrogen-bond acceptors (Lipinski definition) is 4. The van der Waals surface area contributed by atoms with Crippen molar-refractivity contribution in [3.05, 3.63) is 30.2 Å². The molecule has 3 rings (SSSR count). The Labute approximate surface area is 109 Å². The summed E-state index contributed by atoms with van der Waals surface area (Å²) in [5.41, 5.74) is 0.695. The number of likely N-dealkylation sites (tertiary alicyclic amines) is 1. The number of aromatic hydroxyl groups is 1. The first-order valence-corrected chi connectivity index (χ1v) is 6.29. The van der Waals surface area contributed by atoms with Crippen molar-refractivity contribution in [2.75, 3.05) is 13.1 Å². The van der Waals surface area contributed by atoms with Crippen molar-refractivity contribution in [3.63, 3.8) is 0 Å². The molecule has 2 N–H and O–H groups in total. The van der Waals surface area contributed by atoms with Crippen molar-refractivity contribution in [1.82, 2.24) is 14.3 Å². The zero-order chi connectivity index (χ0) is 13.4. The zero-order valence-corrected chi connectivity index (χ0v) is 10.4. The van der Waals surface area contributed by atoms with E-state index in [0.717, 1.165) is 0 Å². The lowest BCUT2D eigenvalue weighted by molar-refractivity contribution is 0.0542. The van der Waals surface area contributed by atoms with Gasteiger partial charge in [0.15, 0.2) is 11.4 Å². The Morgan fingerprint density at radius 2 is 2.11 bits per heavy atom. The molecule has 0 atom stereocenters. The maximum absolute atomic E-state index is 12.3. The molecular weight excluding hydrogens is 246 g/mol. The van der Waals surface area contributed by atoms with Gasteiger partial charge in [0, 0.05) is 25.5 Å². The Balaban J connectivity index is 1.87. The summed E-state index contributed by atoms with van der Waals surface area (Å²) in [5.74, 6) is -0.106. The van der Waals surface area contributed by atoms with Gasteiger partial charge in [-0.1, -0.05) is 0 Å². The van der Waals surface area contributed by atoms with E-state index in [4.69, 9.17) is 0 Å². The summed E-state index contributed by atoms with van der Waals surface area (Å²) in [6, 6.07) is 3.23. The van der Waals surface area contributed by atoms with E-state index in [1.165, 1.54) is 6.07 Å². The number of hydrogen-bond donors (Lipinski definition) is 2. The third kappa shape index (κ3) is 2.15. The number of aliphatic hydroxyl groups is 1. The fourth-order valence-corrected chi connectivity index (χ4v) is 2.33. The minimum absolute atomic E-state index is 0.0515. The lowest BCUT2D eigenvalue weighted by Gasteiger charge is -2.28. The fourth-order valence-electron chi connectivity index (χ4n) is 2.33.